The predicted octanol–water partition coefficient (Wildman–Crippen LogP) is 2.62. The van der Waals surface area contributed by atoms with Gasteiger partial charge in [0.05, 0.1) is 7.11 Å². The third-order valence-electron chi connectivity index (χ3n) is 4.22. The molecule has 0 aromatic heterocycles. The molecule has 2 rings (SSSR count). The number of likely N-dealkylation sites (N-methyl/N-ethyl adjacent to an activating group) is 1. The van der Waals surface area contributed by atoms with Crippen molar-refractivity contribution in [2.45, 2.75) is 38.2 Å². The van der Waals surface area contributed by atoms with Crippen molar-refractivity contribution in [2.75, 3.05) is 33.8 Å². The van der Waals surface area contributed by atoms with E-state index in [4.69, 9.17) is 15.2 Å². The number of ether oxygens (including phenoxy) is 2. The third-order valence-corrected chi connectivity index (χ3v) is 4.22. The molecule has 1 aromatic carbocycles. The van der Waals surface area contributed by atoms with Crippen molar-refractivity contribution in [1.82, 2.24) is 4.90 Å². The summed E-state index contributed by atoms with van der Waals surface area (Å²) in [6.07, 6.45) is 3.49. The van der Waals surface area contributed by atoms with E-state index >= 15 is 0 Å². The number of benzene rings is 1. The van der Waals surface area contributed by atoms with Crippen LogP contribution >= 0.6 is 0 Å². The van der Waals surface area contributed by atoms with Gasteiger partial charge in [-0.2, -0.15) is 0 Å². The molecule has 118 valence electrons. The fourth-order valence-corrected chi connectivity index (χ4v) is 3.03. The zero-order valence-electron chi connectivity index (χ0n) is 13.5. The monoisotopic (exact) mass is 292 g/mol. The van der Waals surface area contributed by atoms with Gasteiger partial charge in [0.25, 0.3) is 0 Å². The molecule has 21 heavy (non-hydrogen) atoms. The Morgan fingerprint density at radius 2 is 2.24 bits per heavy atom. The molecule has 0 spiro atoms. The summed E-state index contributed by atoms with van der Waals surface area (Å²) in [6, 6.07) is 6.16. The molecule has 0 aliphatic carbocycles. The third kappa shape index (κ3) is 4.11. The summed E-state index contributed by atoms with van der Waals surface area (Å²) in [5.74, 6) is 2.10. The van der Waals surface area contributed by atoms with E-state index in [9.17, 15) is 0 Å². The van der Waals surface area contributed by atoms with E-state index < -0.39 is 0 Å². The molecule has 2 atom stereocenters. The van der Waals surface area contributed by atoms with Gasteiger partial charge >= 0.3 is 0 Å². The zero-order chi connectivity index (χ0) is 15.2. The molecule has 0 saturated carbocycles. The van der Waals surface area contributed by atoms with Crippen LogP contribution in [0.25, 0.3) is 0 Å². The van der Waals surface area contributed by atoms with Crippen LogP contribution in [0, 0.1) is 0 Å². The lowest BCUT2D eigenvalue weighted by atomic mass is 9.96. The van der Waals surface area contributed by atoms with Crippen molar-refractivity contribution >= 4 is 0 Å². The average molecular weight is 292 g/mol. The standard InChI is InChI=1S/C17H28N2O2/c1-13(9-10-18)15-7-4-8-16(17(15)20-3)21-14-6-5-11-19(2)12-14/h4,7-8,13-14H,5-6,9-12,18H2,1-3H3. The van der Waals surface area contributed by atoms with E-state index in [1.807, 2.05) is 12.1 Å². The first kappa shape index (κ1) is 16.1. The van der Waals surface area contributed by atoms with Gasteiger partial charge in [0.1, 0.15) is 6.10 Å². The molecule has 2 N–H and O–H groups in total. The van der Waals surface area contributed by atoms with Crippen molar-refractivity contribution in [3.8, 4) is 11.5 Å². The highest BCUT2D eigenvalue weighted by Crippen LogP contribution is 2.37. The Morgan fingerprint density at radius 3 is 2.90 bits per heavy atom. The van der Waals surface area contributed by atoms with Crippen LogP contribution < -0.4 is 15.2 Å². The van der Waals surface area contributed by atoms with Crippen LogP contribution in [0.15, 0.2) is 18.2 Å². The minimum atomic E-state index is 0.248. The van der Waals surface area contributed by atoms with Crippen molar-refractivity contribution in [3.63, 3.8) is 0 Å². The molecule has 1 saturated heterocycles. The topological polar surface area (TPSA) is 47.7 Å². The van der Waals surface area contributed by atoms with Crippen LogP contribution in [0.3, 0.4) is 0 Å². The van der Waals surface area contributed by atoms with E-state index in [1.165, 1.54) is 12.0 Å². The highest BCUT2D eigenvalue weighted by molar-refractivity contribution is 5.48. The molecular weight excluding hydrogens is 264 g/mol. The smallest absolute Gasteiger partial charge is 0.164 e. The average Bonchev–Trinajstić information content (AvgIpc) is 2.47. The number of piperidine rings is 1. The second kappa shape index (κ2) is 7.66. The van der Waals surface area contributed by atoms with E-state index in [0.29, 0.717) is 12.5 Å². The Labute approximate surface area is 128 Å². The largest absolute Gasteiger partial charge is 0.493 e. The lowest BCUT2D eigenvalue weighted by molar-refractivity contribution is 0.101. The summed E-state index contributed by atoms with van der Waals surface area (Å²) in [6.45, 7) is 5.00. The molecule has 0 amide bonds. The van der Waals surface area contributed by atoms with Crippen molar-refractivity contribution in [2.24, 2.45) is 5.73 Å². The SMILES string of the molecule is COc1c(OC2CCCN(C)C2)cccc1C(C)CCN. The van der Waals surface area contributed by atoms with E-state index in [2.05, 4.69) is 24.9 Å². The Morgan fingerprint density at radius 1 is 1.43 bits per heavy atom. The van der Waals surface area contributed by atoms with E-state index in [-0.39, 0.29) is 6.10 Å². The quantitative estimate of drug-likeness (QED) is 0.875. The van der Waals surface area contributed by atoms with Crippen LogP contribution in [0.1, 0.15) is 37.7 Å². The van der Waals surface area contributed by atoms with Crippen LogP contribution in [0.5, 0.6) is 11.5 Å². The molecule has 1 aliphatic heterocycles. The highest BCUT2D eigenvalue weighted by Gasteiger charge is 2.22. The van der Waals surface area contributed by atoms with Gasteiger partial charge in [-0.1, -0.05) is 19.1 Å². The number of nitrogens with two attached hydrogens (primary N) is 1. The molecule has 0 radical (unpaired) electrons. The van der Waals surface area contributed by atoms with Gasteiger partial charge in [-0.15, -0.1) is 0 Å². The minimum Gasteiger partial charge on any atom is -0.493 e. The second-order valence-electron chi connectivity index (χ2n) is 6.00. The number of para-hydroxylation sites is 1. The maximum absolute atomic E-state index is 6.22. The van der Waals surface area contributed by atoms with Crippen LogP contribution in [-0.2, 0) is 0 Å². The van der Waals surface area contributed by atoms with Gasteiger partial charge in [-0.25, -0.2) is 0 Å². The lowest BCUT2D eigenvalue weighted by Crippen LogP contribution is -2.38. The normalized spacial score (nSPS) is 21.0. The predicted molar refractivity (Wildman–Crippen MR) is 86.2 cm³/mol. The molecule has 2 unspecified atom stereocenters. The molecule has 1 fully saturated rings. The molecule has 4 heteroatoms. The number of nitrogens with zero attached hydrogens (tertiary/aromatic N) is 1. The summed E-state index contributed by atoms with van der Waals surface area (Å²) in [7, 11) is 3.86. The number of likely N-dealkylation sites (tertiary alicyclic amines) is 1. The van der Waals surface area contributed by atoms with Gasteiger partial charge in [0, 0.05) is 12.1 Å². The van der Waals surface area contributed by atoms with Crippen LogP contribution in [0.4, 0.5) is 0 Å². The summed E-state index contributed by atoms with van der Waals surface area (Å²) in [4.78, 5) is 2.32. The molecule has 1 aromatic rings. The Hall–Kier alpha value is -1.26. The zero-order valence-corrected chi connectivity index (χ0v) is 13.5. The van der Waals surface area contributed by atoms with Gasteiger partial charge < -0.3 is 20.1 Å². The second-order valence-corrected chi connectivity index (χ2v) is 6.00. The van der Waals surface area contributed by atoms with Crippen molar-refractivity contribution in [3.05, 3.63) is 23.8 Å². The van der Waals surface area contributed by atoms with Crippen LogP contribution in [-0.4, -0.2) is 44.8 Å². The number of hydrogen-bond acceptors (Lipinski definition) is 4. The number of hydrogen-bond donors (Lipinski definition) is 1. The number of rotatable bonds is 6. The first-order valence-corrected chi connectivity index (χ1v) is 7.87. The summed E-state index contributed by atoms with van der Waals surface area (Å²) in [5, 5.41) is 0. The van der Waals surface area contributed by atoms with Crippen molar-refractivity contribution < 1.29 is 9.47 Å². The Kier molecular flexibility index (Phi) is 5.88. The van der Waals surface area contributed by atoms with Gasteiger partial charge in [-0.05, 0) is 51.4 Å². The van der Waals surface area contributed by atoms with Crippen LogP contribution in [0.2, 0.25) is 0 Å². The lowest BCUT2D eigenvalue weighted by Gasteiger charge is -2.30. The molecular formula is C17H28N2O2. The molecule has 1 aliphatic rings. The Bertz CT molecular complexity index is 450. The fraction of sp³-hybridized carbons (Fsp3) is 0.647. The highest BCUT2D eigenvalue weighted by atomic mass is 16.5. The summed E-state index contributed by atoms with van der Waals surface area (Å²) in [5.41, 5.74) is 6.87. The minimum absolute atomic E-state index is 0.248. The molecule has 4 nitrogen and oxygen atoms in total. The van der Waals surface area contributed by atoms with E-state index in [0.717, 1.165) is 37.4 Å². The maximum Gasteiger partial charge on any atom is 0.164 e. The Balaban J connectivity index is 2.16. The summed E-state index contributed by atoms with van der Waals surface area (Å²) >= 11 is 0. The first-order chi connectivity index (χ1) is 10.2. The van der Waals surface area contributed by atoms with Crippen molar-refractivity contribution in [1.29, 1.82) is 0 Å². The van der Waals surface area contributed by atoms with Gasteiger partial charge in [0.2, 0.25) is 0 Å². The molecule has 1 heterocycles. The van der Waals surface area contributed by atoms with Gasteiger partial charge in [0.15, 0.2) is 11.5 Å². The fourth-order valence-electron chi connectivity index (χ4n) is 3.03. The first-order valence-electron chi connectivity index (χ1n) is 7.87. The van der Waals surface area contributed by atoms with Gasteiger partial charge in [-0.3, -0.25) is 0 Å². The van der Waals surface area contributed by atoms with E-state index in [1.54, 1.807) is 7.11 Å². The summed E-state index contributed by atoms with van der Waals surface area (Å²) < 4.78 is 11.9. The number of methoxy groups -OCH3 is 1. The molecule has 0 bridgehead atoms. The maximum atomic E-state index is 6.22.